The van der Waals surface area contributed by atoms with Crippen LogP contribution in [0, 0.1) is 5.92 Å². The van der Waals surface area contributed by atoms with Gasteiger partial charge < -0.3 is 4.90 Å². The average molecular weight is 194 g/mol. The van der Waals surface area contributed by atoms with Gasteiger partial charge in [0.2, 0.25) is 0 Å². The number of fused-ring (bicyclic) bond motifs is 3. The summed E-state index contributed by atoms with van der Waals surface area (Å²) in [5.74, 6) is 0.849. The molecule has 3 heterocycles. The molecule has 78 valence electrons. The van der Waals surface area contributed by atoms with Crippen LogP contribution in [0.2, 0.25) is 0 Å². The number of hydrogen-bond donors (Lipinski definition) is 0. The molecular weight excluding hydrogens is 176 g/mol. The summed E-state index contributed by atoms with van der Waals surface area (Å²) in [6, 6.07) is 1.23. The summed E-state index contributed by atoms with van der Waals surface area (Å²) in [6.45, 7) is 3.24. The lowest BCUT2D eigenvalue weighted by Gasteiger charge is -2.36. The topological polar surface area (TPSA) is 23.6 Å². The monoisotopic (exact) mass is 194 g/mol. The third-order valence-corrected chi connectivity index (χ3v) is 4.29. The number of rotatable bonds is 0. The van der Waals surface area contributed by atoms with E-state index in [1.165, 1.54) is 19.4 Å². The van der Waals surface area contributed by atoms with E-state index in [9.17, 15) is 4.79 Å². The molecule has 0 N–H and O–H groups in total. The van der Waals surface area contributed by atoms with Gasteiger partial charge in [0.1, 0.15) is 5.78 Å². The van der Waals surface area contributed by atoms with Crippen molar-refractivity contribution in [1.29, 1.82) is 0 Å². The van der Waals surface area contributed by atoms with Crippen LogP contribution in [0.1, 0.15) is 19.3 Å². The first kappa shape index (κ1) is 8.86. The van der Waals surface area contributed by atoms with Crippen molar-refractivity contribution in [2.75, 3.05) is 26.7 Å². The number of nitrogens with zero attached hydrogens (tertiary/aromatic N) is 2. The Morgan fingerprint density at radius 1 is 1.36 bits per heavy atom. The maximum absolute atomic E-state index is 11.8. The number of ketones is 1. The minimum absolute atomic E-state index is 0.332. The third-order valence-electron chi connectivity index (χ3n) is 4.29. The van der Waals surface area contributed by atoms with Crippen molar-refractivity contribution in [3.63, 3.8) is 0 Å². The van der Waals surface area contributed by atoms with Gasteiger partial charge in [0, 0.05) is 37.5 Å². The highest BCUT2D eigenvalue weighted by molar-refractivity contribution is 5.83. The second kappa shape index (κ2) is 3.04. The van der Waals surface area contributed by atoms with Crippen LogP contribution in [-0.4, -0.2) is 54.3 Å². The molecule has 0 saturated carbocycles. The average Bonchev–Trinajstić information content (AvgIpc) is 2.70. The Labute approximate surface area is 85.1 Å². The first-order chi connectivity index (χ1) is 6.77. The molecule has 3 fully saturated rings. The van der Waals surface area contributed by atoms with Crippen molar-refractivity contribution < 1.29 is 4.79 Å². The molecule has 3 heteroatoms. The number of piperidine rings is 1. The molecule has 0 bridgehead atoms. The molecule has 3 rings (SSSR count). The summed E-state index contributed by atoms with van der Waals surface area (Å²) in [5.41, 5.74) is 0. The fourth-order valence-corrected chi connectivity index (χ4v) is 3.61. The lowest BCUT2D eigenvalue weighted by molar-refractivity contribution is -0.127. The van der Waals surface area contributed by atoms with E-state index in [1.54, 1.807) is 0 Å². The van der Waals surface area contributed by atoms with Crippen LogP contribution in [0.4, 0.5) is 0 Å². The van der Waals surface area contributed by atoms with Gasteiger partial charge in [-0.1, -0.05) is 0 Å². The number of carbonyl (C=O) groups excluding carboxylic acids is 1. The largest absolute Gasteiger partial charge is 0.301 e. The maximum Gasteiger partial charge on any atom is 0.140 e. The number of likely N-dealkylation sites (tertiary alicyclic amines) is 1. The Kier molecular flexibility index (Phi) is 1.92. The molecule has 3 atom stereocenters. The Hall–Kier alpha value is -0.410. The van der Waals surface area contributed by atoms with Crippen LogP contribution in [0.15, 0.2) is 0 Å². The minimum atomic E-state index is 0.332. The van der Waals surface area contributed by atoms with E-state index in [-0.39, 0.29) is 0 Å². The van der Waals surface area contributed by atoms with E-state index in [2.05, 4.69) is 16.8 Å². The van der Waals surface area contributed by atoms with E-state index < -0.39 is 0 Å². The lowest BCUT2D eigenvalue weighted by atomic mass is 9.87. The van der Waals surface area contributed by atoms with Crippen molar-refractivity contribution in [2.45, 2.75) is 31.3 Å². The van der Waals surface area contributed by atoms with Crippen molar-refractivity contribution in [3.05, 3.63) is 0 Å². The highest BCUT2D eigenvalue weighted by Gasteiger charge is 2.49. The minimum Gasteiger partial charge on any atom is -0.301 e. The molecule has 3 aliphatic rings. The van der Waals surface area contributed by atoms with E-state index in [1.807, 2.05) is 0 Å². The first-order valence-corrected chi connectivity index (χ1v) is 5.74. The number of likely N-dealkylation sites (N-methyl/N-ethyl adjacent to an activating group) is 1. The van der Waals surface area contributed by atoms with Gasteiger partial charge in [-0.05, 0) is 26.4 Å². The second-order valence-corrected chi connectivity index (χ2v) is 5.00. The van der Waals surface area contributed by atoms with Crippen molar-refractivity contribution in [1.82, 2.24) is 9.80 Å². The summed E-state index contributed by atoms with van der Waals surface area (Å²) in [6.07, 6.45) is 3.41. The molecule has 3 nitrogen and oxygen atoms in total. The Bertz CT molecular complexity index is 266. The van der Waals surface area contributed by atoms with E-state index in [0.717, 1.165) is 19.5 Å². The van der Waals surface area contributed by atoms with Crippen LogP contribution in [0.25, 0.3) is 0 Å². The van der Waals surface area contributed by atoms with E-state index >= 15 is 0 Å². The highest BCUT2D eigenvalue weighted by atomic mass is 16.1. The molecule has 0 aromatic rings. The molecule has 0 unspecified atom stereocenters. The van der Waals surface area contributed by atoms with Gasteiger partial charge in [-0.2, -0.15) is 0 Å². The zero-order valence-electron chi connectivity index (χ0n) is 8.78. The van der Waals surface area contributed by atoms with Crippen LogP contribution in [-0.2, 0) is 4.79 Å². The summed E-state index contributed by atoms with van der Waals surface area (Å²) in [7, 11) is 2.19. The molecule has 0 amide bonds. The van der Waals surface area contributed by atoms with Gasteiger partial charge in [0.05, 0.1) is 0 Å². The fraction of sp³-hybridized carbons (Fsp3) is 0.909. The van der Waals surface area contributed by atoms with E-state index in [4.69, 9.17) is 0 Å². The molecule has 0 aliphatic carbocycles. The van der Waals surface area contributed by atoms with Crippen LogP contribution in [0.3, 0.4) is 0 Å². The van der Waals surface area contributed by atoms with Gasteiger partial charge >= 0.3 is 0 Å². The molecule has 3 saturated heterocycles. The molecule has 14 heavy (non-hydrogen) atoms. The summed E-state index contributed by atoms with van der Waals surface area (Å²) >= 11 is 0. The number of Topliss-reactive ketones (excluding diaryl/α,β-unsaturated/α-hetero) is 1. The SMILES string of the molecule is CN1CCC(=O)[C@@H]2CN3CCC[C@H]3[C@@H]21. The zero-order chi connectivity index (χ0) is 9.71. The van der Waals surface area contributed by atoms with Gasteiger partial charge in [0.25, 0.3) is 0 Å². The Morgan fingerprint density at radius 3 is 3.07 bits per heavy atom. The summed E-state index contributed by atoms with van der Waals surface area (Å²) in [4.78, 5) is 16.8. The highest BCUT2D eigenvalue weighted by Crippen LogP contribution is 2.37. The van der Waals surface area contributed by atoms with Crippen molar-refractivity contribution in [3.8, 4) is 0 Å². The molecule has 3 aliphatic heterocycles. The molecule has 0 radical (unpaired) electrons. The van der Waals surface area contributed by atoms with Crippen molar-refractivity contribution >= 4 is 5.78 Å². The van der Waals surface area contributed by atoms with Gasteiger partial charge in [-0.15, -0.1) is 0 Å². The zero-order valence-corrected chi connectivity index (χ0v) is 8.78. The quantitative estimate of drug-likeness (QED) is 0.556. The molecule has 0 spiro atoms. The second-order valence-electron chi connectivity index (χ2n) is 5.00. The predicted molar refractivity (Wildman–Crippen MR) is 54.1 cm³/mol. The molecule has 0 aromatic heterocycles. The van der Waals surface area contributed by atoms with Gasteiger partial charge in [-0.3, -0.25) is 9.69 Å². The standard InChI is InChI=1S/C11H18N2O/c1-12-6-4-10(14)8-7-13-5-2-3-9(13)11(8)12/h8-9,11H,2-7H2,1H3/t8-,9-,11+/m0/s1. The third kappa shape index (κ3) is 1.09. The molecule has 0 aromatic carbocycles. The van der Waals surface area contributed by atoms with Gasteiger partial charge in [-0.25, -0.2) is 0 Å². The summed E-state index contributed by atoms with van der Waals surface area (Å²) in [5, 5.41) is 0. The van der Waals surface area contributed by atoms with Gasteiger partial charge in [0.15, 0.2) is 0 Å². The molecular formula is C11H18N2O. The van der Waals surface area contributed by atoms with Crippen LogP contribution < -0.4 is 0 Å². The van der Waals surface area contributed by atoms with Crippen LogP contribution >= 0.6 is 0 Å². The first-order valence-electron chi connectivity index (χ1n) is 5.74. The fourth-order valence-electron chi connectivity index (χ4n) is 3.61. The maximum atomic E-state index is 11.8. The summed E-state index contributed by atoms with van der Waals surface area (Å²) < 4.78 is 0. The predicted octanol–water partition coefficient (Wildman–Crippen LogP) is 0.354. The number of carbonyl (C=O) groups is 1. The van der Waals surface area contributed by atoms with Crippen molar-refractivity contribution in [2.24, 2.45) is 5.92 Å². The smallest absolute Gasteiger partial charge is 0.140 e. The normalized spacial score (nSPS) is 44.1. The lowest BCUT2D eigenvalue weighted by Crippen LogP contribution is -2.50. The van der Waals surface area contributed by atoms with E-state index in [0.29, 0.717) is 23.8 Å². The Morgan fingerprint density at radius 2 is 2.21 bits per heavy atom. The van der Waals surface area contributed by atoms with Crippen LogP contribution in [0.5, 0.6) is 0 Å². The number of hydrogen-bond acceptors (Lipinski definition) is 3. The Balaban J connectivity index is 1.88.